The van der Waals surface area contributed by atoms with Crippen LogP contribution in [0.5, 0.6) is 0 Å². The van der Waals surface area contributed by atoms with Crippen molar-refractivity contribution in [3.8, 4) is 0 Å². The molecular weight excluding hydrogens is 196 g/mol. The minimum Gasteiger partial charge on any atom is -0.350 e. The van der Waals surface area contributed by atoms with Gasteiger partial charge in [-0.3, -0.25) is 4.79 Å². The van der Waals surface area contributed by atoms with Gasteiger partial charge in [0.2, 0.25) is 0 Å². The van der Waals surface area contributed by atoms with E-state index in [4.69, 9.17) is 0 Å². The molecule has 1 aliphatic rings. The highest BCUT2D eigenvalue weighted by Crippen LogP contribution is 2.08. The fourth-order valence-corrected chi connectivity index (χ4v) is 2.28. The summed E-state index contributed by atoms with van der Waals surface area (Å²) < 4.78 is 0. The van der Waals surface area contributed by atoms with Crippen molar-refractivity contribution in [1.82, 2.24) is 10.6 Å². The van der Waals surface area contributed by atoms with E-state index < -0.39 is 0 Å². The van der Waals surface area contributed by atoms with Gasteiger partial charge in [-0.15, -0.1) is 11.3 Å². The topological polar surface area (TPSA) is 41.1 Å². The summed E-state index contributed by atoms with van der Waals surface area (Å²) in [6.45, 7) is 1.83. The lowest BCUT2D eigenvalue weighted by Crippen LogP contribution is -2.36. The summed E-state index contributed by atoms with van der Waals surface area (Å²) in [6, 6.07) is 4.22. The lowest BCUT2D eigenvalue weighted by Gasteiger charge is -2.10. The molecule has 0 aromatic carbocycles. The lowest BCUT2D eigenvalue weighted by molar-refractivity contribution is 0.0954. The van der Waals surface area contributed by atoms with Crippen LogP contribution in [0.25, 0.3) is 0 Å². The van der Waals surface area contributed by atoms with Gasteiger partial charge in [0.15, 0.2) is 0 Å². The molecule has 14 heavy (non-hydrogen) atoms. The maximum absolute atomic E-state index is 11.5. The first-order valence-electron chi connectivity index (χ1n) is 4.91. The Hall–Kier alpha value is -0.870. The minimum absolute atomic E-state index is 0.0497. The van der Waals surface area contributed by atoms with Gasteiger partial charge in [-0.05, 0) is 30.8 Å². The molecule has 1 atom stereocenters. The molecule has 0 bridgehead atoms. The van der Waals surface area contributed by atoms with Gasteiger partial charge in [-0.25, -0.2) is 0 Å². The van der Waals surface area contributed by atoms with E-state index in [1.807, 2.05) is 17.5 Å². The van der Waals surface area contributed by atoms with Crippen LogP contribution in [0.2, 0.25) is 0 Å². The monoisotopic (exact) mass is 210 g/mol. The molecule has 1 amide bonds. The van der Waals surface area contributed by atoms with Gasteiger partial charge in [-0.2, -0.15) is 0 Å². The molecule has 0 spiro atoms. The first kappa shape index (κ1) is 9.68. The van der Waals surface area contributed by atoms with Crippen LogP contribution in [0.3, 0.4) is 0 Å². The Labute approximate surface area is 87.5 Å². The van der Waals surface area contributed by atoms with Gasteiger partial charge in [0.05, 0.1) is 4.88 Å². The molecule has 1 fully saturated rings. The van der Waals surface area contributed by atoms with E-state index in [0.717, 1.165) is 18.0 Å². The van der Waals surface area contributed by atoms with Crippen molar-refractivity contribution in [3.63, 3.8) is 0 Å². The van der Waals surface area contributed by atoms with Crippen molar-refractivity contribution < 1.29 is 4.79 Å². The van der Waals surface area contributed by atoms with Crippen molar-refractivity contribution in [2.24, 2.45) is 0 Å². The molecule has 1 aliphatic heterocycles. The molecule has 1 aromatic rings. The number of hydrogen-bond donors (Lipinski definition) is 2. The number of carbonyl (C=O) groups is 1. The summed E-state index contributed by atoms with van der Waals surface area (Å²) in [5.74, 6) is 0.0497. The zero-order chi connectivity index (χ0) is 9.80. The highest BCUT2D eigenvalue weighted by atomic mass is 32.1. The van der Waals surface area contributed by atoms with Crippen molar-refractivity contribution in [1.29, 1.82) is 0 Å². The van der Waals surface area contributed by atoms with Crippen LogP contribution in [-0.4, -0.2) is 25.0 Å². The van der Waals surface area contributed by atoms with Crippen molar-refractivity contribution in [2.75, 3.05) is 13.1 Å². The van der Waals surface area contributed by atoms with E-state index in [-0.39, 0.29) is 5.91 Å². The van der Waals surface area contributed by atoms with E-state index in [1.54, 1.807) is 0 Å². The number of nitrogens with one attached hydrogen (secondary N) is 2. The van der Waals surface area contributed by atoms with Crippen LogP contribution in [0.4, 0.5) is 0 Å². The second-order valence-electron chi connectivity index (χ2n) is 3.48. The fraction of sp³-hybridized carbons (Fsp3) is 0.500. The van der Waals surface area contributed by atoms with Crippen LogP contribution in [0, 0.1) is 0 Å². The van der Waals surface area contributed by atoms with E-state index >= 15 is 0 Å². The van der Waals surface area contributed by atoms with E-state index in [9.17, 15) is 4.79 Å². The summed E-state index contributed by atoms with van der Waals surface area (Å²) in [6.07, 6.45) is 2.39. The van der Waals surface area contributed by atoms with Crippen molar-refractivity contribution in [2.45, 2.75) is 18.9 Å². The average molecular weight is 210 g/mol. The van der Waals surface area contributed by atoms with Crippen molar-refractivity contribution in [3.05, 3.63) is 22.4 Å². The van der Waals surface area contributed by atoms with Gasteiger partial charge in [0.25, 0.3) is 5.91 Å². The predicted octanol–water partition coefficient (Wildman–Crippen LogP) is 1.23. The quantitative estimate of drug-likeness (QED) is 0.788. The summed E-state index contributed by atoms with van der Waals surface area (Å²) >= 11 is 1.48. The molecule has 0 radical (unpaired) electrons. The second kappa shape index (κ2) is 4.57. The molecule has 0 saturated carbocycles. The molecule has 2 heterocycles. The fourth-order valence-electron chi connectivity index (χ4n) is 1.64. The Bertz CT molecular complexity index is 291. The largest absolute Gasteiger partial charge is 0.350 e. The van der Waals surface area contributed by atoms with Crippen molar-refractivity contribution >= 4 is 17.2 Å². The number of amides is 1. The summed E-state index contributed by atoms with van der Waals surface area (Å²) in [5.41, 5.74) is 0. The number of thiophene rings is 1. The third kappa shape index (κ3) is 2.33. The first-order valence-corrected chi connectivity index (χ1v) is 5.79. The van der Waals surface area contributed by atoms with Crippen LogP contribution in [-0.2, 0) is 0 Å². The molecule has 76 valence electrons. The van der Waals surface area contributed by atoms with E-state index in [2.05, 4.69) is 10.6 Å². The molecule has 1 aromatic heterocycles. The Morgan fingerprint density at radius 3 is 3.29 bits per heavy atom. The number of carbonyl (C=O) groups excluding carboxylic acids is 1. The summed E-state index contributed by atoms with van der Waals surface area (Å²) in [4.78, 5) is 12.3. The number of hydrogen-bond acceptors (Lipinski definition) is 3. The standard InChI is InChI=1S/C10H14N2OS/c13-10(9-4-2-6-14-9)12-7-8-3-1-5-11-8/h2,4,6,8,11H,1,3,5,7H2,(H,12,13). The molecule has 0 aliphatic carbocycles. The zero-order valence-electron chi connectivity index (χ0n) is 7.95. The van der Waals surface area contributed by atoms with Crippen LogP contribution in [0.15, 0.2) is 17.5 Å². The second-order valence-corrected chi connectivity index (χ2v) is 4.43. The van der Waals surface area contributed by atoms with Crippen LogP contribution in [0.1, 0.15) is 22.5 Å². The lowest BCUT2D eigenvalue weighted by atomic mass is 10.2. The third-order valence-electron chi connectivity index (χ3n) is 2.42. The first-order chi connectivity index (χ1) is 6.86. The Morgan fingerprint density at radius 2 is 2.64 bits per heavy atom. The predicted molar refractivity (Wildman–Crippen MR) is 57.7 cm³/mol. The van der Waals surface area contributed by atoms with Crippen LogP contribution >= 0.6 is 11.3 Å². The maximum Gasteiger partial charge on any atom is 0.261 e. The van der Waals surface area contributed by atoms with Crippen LogP contribution < -0.4 is 10.6 Å². The Kier molecular flexibility index (Phi) is 3.16. The molecule has 1 unspecified atom stereocenters. The molecule has 4 heteroatoms. The van der Waals surface area contributed by atoms with Gasteiger partial charge in [0, 0.05) is 12.6 Å². The smallest absolute Gasteiger partial charge is 0.261 e. The van der Waals surface area contributed by atoms with Gasteiger partial charge >= 0.3 is 0 Å². The molecule has 2 N–H and O–H groups in total. The van der Waals surface area contributed by atoms with Gasteiger partial charge < -0.3 is 10.6 Å². The molecule has 3 nitrogen and oxygen atoms in total. The summed E-state index contributed by atoms with van der Waals surface area (Å²) in [5, 5.41) is 8.20. The minimum atomic E-state index is 0.0497. The SMILES string of the molecule is O=C(NCC1CCCN1)c1cccs1. The van der Waals surface area contributed by atoms with E-state index in [0.29, 0.717) is 6.04 Å². The average Bonchev–Trinajstić information content (AvgIpc) is 2.87. The Balaban J connectivity index is 1.78. The normalized spacial score (nSPS) is 21.0. The third-order valence-corrected chi connectivity index (χ3v) is 3.28. The number of rotatable bonds is 3. The van der Waals surface area contributed by atoms with Gasteiger partial charge in [0.1, 0.15) is 0 Å². The van der Waals surface area contributed by atoms with E-state index in [1.165, 1.54) is 24.2 Å². The summed E-state index contributed by atoms with van der Waals surface area (Å²) in [7, 11) is 0. The Morgan fingerprint density at radius 1 is 1.71 bits per heavy atom. The maximum atomic E-state index is 11.5. The highest BCUT2D eigenvalue weighted by molar-refractivity contribution is 7.12. The highest BCUT2D eigenvalue weighted by Gasteiger charge is 2.15. The zero-order valence-corrected chi connectivity index (χ0v) is 8.77. The van der Waals surface area contributed by atoms with Gasteiger partial charge in [-0.1, -0.05) is 6.07 Å². The molecule has 1 saturated heterocycles. The molecule has 2 rings (SSSR count). The molecular formula is C10H14N2OS.